The number of likely N-dealkylation sites (tertiary alicyclic amines) is 1. The molecule has 4 aromatic heterocycles. The lowest BCUT2D eigenvalue weighted by molar-refractivity contribution is 0.0697. The van der Waals surface area contributed by atoms with E-state index in [2.05, 4.69) is 32.0 Å². The molecule has 6 aromatic rings. The summed E-state index contributed by atoms with van der Waals surface area (Å²) in [5.74, 6) is 0.879. The van der Waals surface area contributed by atoms with Crippen LogP contribution in [0.2, 0.25) is 5.02 Å². The maximum Gasteiger partial charge on any atom is 0.335 e. The summed E-state index contributed by atoms with van der Waals surface area (Å²) in [7, 11) is 0. The van der Waals surface area contributed by atoms with Gasteiger partial charge in [-0.05, 0) is 69.3 Å². The minimum absolute atomic E-state index is 0.251. The van der Waals surface area contributed by atoms with Crippen LogP contribution in [0.1, 0.15) is 58.8 Å². The number of aryl methyl sites for hydroxylation is 1. The molecule has 5 heterocycles. The third kappa shape index (κ3) is 5.91. The van der Waals surface area contributed by atoms with Gasteiger partial charge in [0.25, 0.3) is 0 Å². The number of halogens is 1. The molecule has 0 radical (unpaired) electrons. The number of rotatable bonds is 10. The molecule has 0 spiro atoms. The zero-order valence-corrected chi connectivity index (χ0v) is 25.7. The van der Waals surface area contributed by atoms with Crippen LogP contribution in [0.5, 0.6) is 5.88 Å². The first-order valence-electron chi connectivity index (χ1n) is 15.1. The predicted octanol–water partition coefficient (Wildman–Crippen LogP) is 6.75. The Morgan fingerprint density at radius 1 is 1.09 bits per heavy atom. The fourth-order valence-electron chi connectivity index (χ4n) is 6.21. The largest absolute Gasteiger partial charge is 0.478 e. The van der Waals surface area contributed by atoms with Crippen molar-refractivity contribution in [2.24, 2.45) is 0 Å². The molecule has 10 nitrogen and oxygen atoms in total. The van der Waals surface area contributed by atoms with Crippen LogP contribution in [-0.4, -0.2) is 53.2 Å². The molecule has 2 aromatic carbocycles. The van der Waals surface area contributed by atoms with Crippen LogP contribution in [0.3, 0.4) is 0 Å². The van der Waals surface area contributed by atoms with E-state index in [1.54, 1.807) is 24.5 Å². The van der Waals surface area contributed by atoms with Gasteiger partial charge in [0.2, 0.25) is 5.88 Å². The molecule has 0 aliphatic carbocycles. The van der Waals surface area contributed by atoms with Crippen molar-refractivity contribution in [3.63, 3.8) is 0 Å². The summed E-state index contributed by atoms with van der Waals surface area (Å²) in [5, 5.41) is 11.2. The normalized spacial score (nSPS) is 14.4. The number of imidazole rings is 2. The first kappa shape index (κ1) is 29.1. The highest BCUT2D eigenvalue weighted by Crippen LogP contribution is 2.31. The van der Waals surface area contributed by atoms with E-state index in [4.69, 9.17) is 30.7 Å². The van der Waals surface area contributed by atoms with Crippen molar-refractivity contribution in [2.45, 2.75) is 51.9 Å². The van der Waals surface area contributed by atoms with Gasteiger partial charge in [0.05, 0.1) is 53.0 Å². The zero-order valence-electron chi connectivity index (χ0n) is 24.9. The van der Waals surface area contributed by atoms with E-state index in [0.717, 1.165) is 77.3 Å². The van der Waals surface area contributed by atoms with Crippen molar-refractivity contribution >= 4 is 39.6 Å². The Morgan fingerprint density at radius 3 is 2.78 bits per heavy atom. The Hall–Kier alpha value is -4.67. The van der Waals surface area contributed by atoms with Gasteiger partial charge in [-0.3, -0.25) is 4.90 Å². The van der Waals surface area contributed by atoms with Crippen molar-refractivity contribution < 1.29 is 19.1 Å². The average molecular weight is 625 g/mol. The van der Waals surface area contributed by atoms with Gasteiger partial charge in [0.1, 0.15) is 18.0 Å². The molecule has 7 rings (SSSR count). The lowest BCUT2D eigenvalue weighted by Crippen LogP contribution is -2.33. The molecule has 45 heavy (non-hydrogen) atoms. The third-order valence-electron chi connectivity index (χ3n) is 8.67. The molecule has 1 N–H and O–H groups in total. The topological polar surface area (TPSA) is 111 Å². The number of nitrogens with zero attached hydrogens (tertiary/aromatic N) is 6. The number of piperidine rings is 1. The second-order valence-corrected chi connectivity index (χ2v) is 11.8. The number of benzene rings is 2. The number of hydrogen-bond acceptors (Lipinski definition) is 7. The zero-order chi connectivity index (χ0) is 30.9. The van der Waals surface area contributed by atoms with E-state index in [9.17, 15) is 9.90 Å². The van der Waals surface area contributed by atoms with Gasteiger partial charge in [-0.2, -0.15) is 0 Å². The monoisotopic (exact) mass is 624 g/mol. The van der Waals surface area contributed by atoms with Crippen LogP contribution in [0.15, 0.2) is 77.8 Å². The summed E-state index contributed by atoms with van der Waals surface area (Å²) in [4.78, 5) is 28.3. The summed E-state index contributed by atoms with van der Waals surface area (Å²) in [6.07, 6.45) is 7.26. The highest BCUT2D eigenvalue weighted by Gasteiger charge is 2.24. The first-order chi connectivity index (χ1) is 22.0. The maximum atomic E-state index is 11.7. The van der Waals surface area contributed by atoms with Crippen molar-refractivity contribution in [3.8, 4) is 5.88 Å². The van der Waals surface area contributed by atoms with Crippen LogP contribution in [-0.2, 0) is 26.2 Å². The van der Waals surface area contributed by atoms with E-state index >= 15 is 0 Å². The van der Waals surface area contributed by atoms with Crippen LogP contribution in [0, 0.1) is 0 Å². The lowest BCUT2D eigenvalue weighted by atomic mass is 9.93. The van der Waals surface area contributed by atoms with Crippen molar-refractivity contribution in [2.75, 3.05) is 13.1 Å². The molecule has 0 bridgehead atoms. The molecule has 0 unspecified atom stereocenters. The SMILES string of the molecule is CCn1cncc1Cn1c(CN2CCC(c3cccc(OCc4ccc(Cl)c5ccoc45)n3)CC2)nc2ccc(C(=O)O)cc21. The summed E-state index contributed by atoms with van der Waals surface area (Å²) in [6.45, 7) is 6.26. The molecule has 0 amide bonds. The van der Waals surface area contributed by atoms with E-state index in [0.29, 0.717) is 36.5 Å². The number of furan rings is 1. The third-order valence-corrected chi connectivity index (χ3v) is 9.00. The summed E-state index contributed by atoms with van der Waals surface area (Å²) >= 11 is 6.29. The minimum Gasteiger partial charge on any atom is -0.478 e. The van der Waals surface area contributed by atoms with Crippen molar-refractivity contribution in [1.29, 1.82) is 0 Å². The first-order valence-corrected chi connectivity index (χ1v) is 15.5. The van der Waals surface area contributed by atoms with Crippen molar-refractivity contribution in [1.82, 2.24) is 29.0 Å². The standard InChI is InChI=1S/C34H33ClN6O4/c1-2-40-21-36-17-25(40)18-41-30-16-23(34(42)43)7-9-29(30)37-31(41)19-39-13-10-22(11-14-39)28-4-3-5-32(38-28)45-20-24-6-8-27(35)26-12-15-44-33(24)26/h3-9,12,15-17,21-22H,2,10-11,13-14,18-20H2,1H3,(H,42,43). The number of carboxylic acids is 1. The Balaban J connectivity index is 1.04. The molecular weight excluding hydrogens is 592 g/mol. The van der Waals surface area contributed by atoms with Crippen LogP contribution < -0.4 is 4.74 Å². The molecule has 11 heteroatoms. The molecule has 1 fully saturated rings. The number of aromatic nitrogens is 5. The van der Waals surface area contributed by atoms with Gasteiger partial charge in [-0.1, -0.05) is 23.7 Å². The Morgan fingerprint density at radius 2 is 1.96 bits per heavy atom. The molecular formula is C34H33ClN6O4. The van der Waals surface area contributed by atoms with Crippen molar-refractivity contribution in [3.05, 3.63) is 107 Å². The molecule has 1 saturated heterocycles. The van der Waals surface area contributed by atoms with Crippen LogP contribution in [0.4, 0.5) is 0 Å². The van der Waals surface area contributed by atoms with Gasteiger partial charge in [0.15, 0.2) is 0 Å². The van der Waals surface area contributed by atoms with Gasteiger partial charge >= 0.3 is 5.97 Å². The number of carboxylic acid groups (broad SMARTS) is 1. The second kappa shape index (κ2) is 12.4. The molecule has 0 saturated carbocycles. The number of fused-ring (bicyclic) bond motifs is 2. The number of hydrogen-bond donors (Lipinski definition) is 1. The average Bonchev–Trinajstić information content (AvgIpc) is 3.81. The number of aromatic carboxylic acids is 1. The highest BCUT2D eigenvalue weighted by molar-refractivity contribution is 6.35. The van der Waals surface area contributed by atoms with E-state index < -0.39 is 5.97 Å². The number of pyridine rings is 1. The number of ether oxygens (including phenoxy) is 1. The fourth-order valence-corrected chi connectivity index (χ4v) is 6.42. The highest BCUT2D eigenvalue weighted by atomic mass is 35.5. The lowest BCUT2D eigenvalue weighted by Gasteiger charge is -2.31. The molecule has 1 aliphatic heterocycles. The quantitative estimate of drug-likeness (QED) is 0.178. The molecule has 0 atom stereocenters. The Bertz CT molecular complexity index is 1990. The Labute approximate surface area is 264 Å². The second-order valence-electron chi connectivity index (χ2n) is 11.4. The van der Waals surface area contributed by atoms with Gasteiger partial charge in [-0.25, -0.2) is 19.7 Å². The van der Waals surface area contributed by atoms with Crippen LogP contribution >= 0.6 is 11.6 Å². The van der Waals surface area contributed by atoms with Gasteiger partial charge in [-0.15, -0.1) is 0 Å². The number of carbonyl (C=O) groups is 1. The fraction of sp³-hybridized carbons (Fsp3) is 0.294. The predicted molar refractivity (Wildman–Crippen MR) is 171 cm³/mol. The van der Waals surface area contributed by atoms with Gasteiger partial charge < -0.3 is 23.4 Å². The van der Waals surface area contributed by atoms with Gasteiger partial charge in [0, 0.05) is 41.4 Å². The Kier molecular flexibility index (Phi) is 7.99. The van der Waals surface area contributed by atoms with Crippen LogP contribution in [0.25, 0.3) is 22.0 Å². The molecule has 1 aliphatic rings. The van der Waals surface area contributed by atoms with E-state index in [1.165, 1.54) is 0 Å². The molecule has 230 valence electrons. The van der Waals surface area contributed by atoms with E-state index in [1.807, 2.05) is 42.9 Å². The smallest absolute Gasteiger partial charge is 0.335 e. The maximum absolute atomic E-state index is 11.7. The summed E-state index contributed by atoms with van der Waals surface area (Å²) in [6, 6.07) is 16.7. The minimum atomic E-state index is -0.949. The van der Waals surface area contributed by atoms with E-state index in [-0.39, 0.29) is 5.56 Å². The summed E-state index contributed by atoms with van der Waals surface area (Å²) in [5.41, 5.74) is 5.60. The summed E-state index contributed by atoms with van der Waals surface area (Å²) < 4.78 is 16.0.